The van der Waals surface area contributed by atoms with E-state index in [4.69, 9.17) is 10.5 Å². The normalized spacial score (nSPS) is 18.2. The van der Waals surface area contributed by atoms with E-state index in [0.29, 0.717) is 12.3 Å². The fourth-order valence-electron chi connectivity index (χ4n) is 1.05. The molecule has 1 atom stereocenters. The predicted molar refractivity (Wildman–Crippen MR) is 70.7 cm³/mol. The molecular formula is C13H24N2O2. The van der Waals surface area contributed by atoms with Crippen molar-refractivity contribution in [1.29, 1.82) is 0 Å². The molecule has 0 aliphatic carbocycles. The number of hydrogen-bond donors (Lipinski definition) is 1. The molecule has 2 N–H and O–H groups in total. The molecule has 0 bridgehead atoms. The van der Waals surface area contributed by atoms with Crippen molar-refractivity contribution in [1.82, 2.24) is 0 Å². The van der Waals surface area contributed by atoms with Crippen LogP contribution in [0.4, 0.5) is 0 Å². The van der Waals surface area contributed by atoms with Gasteiger partial charge in [0.1, 0.15) is 0 Å². The molecule has 0 saturated heterocycles. The van der Waals surface area contributed by atoms with Crippen molar-refractivity contribution in [3.63, 3.8) is 0 Å². The molecule has 0 saturated carbocycles. The first-order valence-corrected chi connectivity index (χ1v) is 6.21. The Balaban J connectivity index is 0.000000557. The second kappa shape index (κ2) is 8.79. The van der Waals surface area contributed by atoms with E-state index in [9.17, 15) is 4.79 Å². The van der Waals surface area contributed by atoms with E-state index < -0.39 is 0 Å². The summed E-state index contributed by atoms with van der Waals surface area (Å²) < 4.78 is 5.33. The van der Waals surface area contributed by atoms with Gasteiger partial charge in [0.2, 0.25) is 11.8 Å². The van der Waals surface area contributed by atoms with Crippen molar-refractivity contribution in [2.75, 3.05) is 0 Å². The molecule has 1 unspecified atom stereocenters. The molecule has 0 spiro atoms. The van der Waals surface area contributed by atoms with Gasteiger partial charge < -0.3 is 10.5 Å². The molecule has 0 aromatic heterocycles. The Bertz CT molecular complexity index is 281. The van der Waals surface area contributed by atoms with Crippen LogP contribution in [0.25, 0.3) is 0 Å². The number of amides is 1. The number of unbranched alkanes of at least 4 members (excludes halogenated alkanes) is 1. The van der Waals surface area contributed by atoms with Crippen LogP contribution in [0.15, 0.2) is 17.0 Å². The number of hydrogen-bond acceptors (Lipinski definition) is 3. The molecule has 98 valence electrons. The van der Waals surface area contributed by atoms with Crippen molar-refractivity contribution in [2.45, 2.75) is 53.1 Å². The van der Waals surface area contributed by atoms with E-state index in [2.05, 4.69) is 18.8 Å². The molecule has 1 aliphatic rings. The van der Waals surface area contributed by atoms with E-state index in [0.717, 1.165) is 0 Å². The number of nitrogens with zero attached hydrogens (tertiary/aromatic N) is 1. The fourth-order valence-corrected chi connectivity index (χ4v) is 1.05. The Labute approximate surface area is 104 Å². The zero-order valence-corrected chi connectivity index (χ0v) is 11.3. The van der Waals surface area contributed by atoms with E-state index in [1.54, 1.807) is 12.3 Å². The van der Waals surface area contributed by atoms with E-state index in [1.165, 1.54) is 12.8 Å². The van der Waals surface area contributed by atoms with Gasteiger partial charge in [0.15, 0.2) is 0 Å². The summed E-state index contributed by atoms with van der Waals surface area (Å²) in [6, 6.07) is 0. The van der Waals surface area contributed by atoms with Crippen LogP contribution in [-0.2, 0) is 9.53 Å². The van der Waals surface area contributed by atoms with Crippen LogP contribution in [0.1, 0.15) is 47.0 Å². The number of carbonyl (C=O) groups excluding carboxylic acids is 1. The molecule has 0 aromatic carbocycles. The number of aliphatic imine (C=N–C) groups is 1. The smallest absolute Gasteiger partial charge is 0.224 e. The number of nitrogens with two attached hydrogens (primary N) is 1. The Morgan fingerprint density at radius 1 is 1.53 bits per heavy atom. The standard InChI is InChI=1S/C9H14N2O2.C4H10/c1-6(2)13-8-5-7(9(10)12)3-4-11-8;1-3-4-2/h4-7H,3H2,1-2H3,(H2,10,12);3-4H2,1-2H3. The molecule has 0 radical (unpaired) electrons. The van der Waals surface area contributed by atoms with E-state index in [1.807, 2.05) is 13.8 Å². The number of primary amides is 1. The maximum Gasteiger partial charge on any atom is 0.224 e. The van der Waals surface area contributed by atoms with Gasteiger partial charge in [-0.15, -0.1) is 0 Å². The van der Waals surface area contributed by atoms with Gasteiger partial charge in [-0.05, 0) is 26.3 Å². The molecule has 4 heteroatoms. The summed E-state index contributed by atoms with van der Waals surface area (Å²) in [5, 5.41) is 0. The second-order valence-electron chi connectivity index (χ2n) is 4.23. The maximum atomic E-state index is 10.8. The molecule has 1 rings (SSSR count). The van der Waals surface area contributed by atoms with Crippen molar-refractivity contribution in [2.24, 2.45) is 16.6 Å². The molecular weight excluding hydrogens is 216 g/mol. The van der Waals surface area contributed by atoms with Crippen LogP contribution >= 0.6 is 0 Å². The third-order valence-corrected chi connectivity index (χ3v) is 2.14. The number of rotatable bonds is 4. The van der Waals surface area contributed by atoms with Crippen LogP contribution in [0.5, 0.6) is 0 Å². The van der Waals surface area contributed by atoms with Crippen molar-refractivity contribution < 1.29 is 9.53 Å². The first kappa shape index (κ1) is 15.7. The van der Waals surface area contributed by atoms with Gasteiger partial charge in [0.05, 0.1) is 12.0 Å². The third-order valence-electron chi connectivity index (χ3n) is 2.14. The highest BCUT2D eigenvalue weighted by Crippen LogP contribution is 2.15. The highest BCUT2D eigenvalue weighted by atomic mass is 16.5. The molecule has 4 nitrogen and oxygen atoms in total. The maximum absolute atomic E-state index is 10.8. The minimum atomic E-state index is -0.337. The van der Waals surface area contributed by atoms with Gasteiger partial charge in [0, 0.05) is 6.21 Å². The Hall–Kier alpha value is -1.32. The largest absolute Gasteiger partial charge is 0.475 e. The first-order chi connectivity index (χ1) is 8.01. The lowest BCUT2D eigenvalue weighted by atomic mass is 10.0. The zero-order valence-electron chi connectivity index (χ0n) is 11.3. The number of ether oxygens (including phenoxy) is 1. The Morgan fingerprint density at radius 2 is 2.12 bits per heavy atom. The van der Waals surface area contributed by atoms with Crippen LogP contribution in [0, 0.1) is 5.92 Å². The van der Waals surface area contributed by atoms with Gasteiger partial charge in [-0.1, -0.05) is 26.7 Å². The van der Waals surface area contributed by atoms with Gasteiger partial charge in [-0.25, -0.2) is 4.99 Å². The van der Waals surface area contributed by atoms with Gasteiger partial charge in [-0.2, -0.15) is 0 Å². The zero-order chi connectivity index (χ0) is 13.3. The highest BCUT2D eigenvalue weighted by molar-refractivity contribution is 5.82. The molecule has 1 heterocycles. The number of carbonyl (C=O) groups is 1. The minimum Gasteiger partial charge on any atom is -0.475 e. The van der Waals surface area contributed by atoms with E-state index in [-0.39, 0.29) is 17.9 Å². The van der Waals surface area contributed by atoms with Crippen LogP contribution in [-0.4, -0.2) is 18.2 Å². The Kier molecular flexibility index (Phi) is 8.11. The van der Waals surface area contributed by atoms with Crippen molar-refractivity contribution >= 4 is 12.1 Å². The summed E-state index contributed by atoms with van der Waals surface area (Å²) in [5.41, 5.74) is 5.16. The lowest BCUT2D eigenvalue weighted by Gasteiger charge is -2.15. The fraction of sp³-hybridized carbons (Fsp3) is 0.692. The Morgan fingerprint density at radius 3 is 2.53 bits per heavy atom. The van der Waals surface area contributed by atoms with Crippen LogP contribution < -0.4 is 5.73 Å². The molecule has 0 fully saturated rings. The van der Waals surface area contributed by atoms with Gasteiger partial charge >= 0.3 is 0 Å². The summed E-state index contributed by atoms with van der Waals surface area (Å²) in [4.78, 5) is 14.9. The molecule has 0 aromatic rings. The summed E-state index contributed by atoms with van der Waals surface area (Å²) in [6.45, 7) is 8.18. The summed E-state index contributed by atoms with van der Waals surface area (Å²) in [6.07, 6.45) is 6.60. The average Bonchev–Trinajstić information content (AvgIpc) is 2.29. The van der Waals surface area contributed by atoms with Gasteiger partial charge in [-0.3, -0.25) is 4.79 Å². The van der Waals surface area contributed by atoms with Crippen LogP contribution in [0.2, 0.25) is 0 Å². The lowest BCUT2D eigenvalue weighted by molar-refractivity contribution is -0.120. The topological polar surface area (TPSA) is 64.7 Å². The molecule has 1 aliphatic heterocycles. The summed E-state index contributed by atoms with van der Waals surface area (Å²) >= 11 is 0. The highest BCUT2D eigenvalue weighted by Gasteiger charge is 2.16. The molecule has 17 heavy (non-hydrogen) atoms. The van der Waals surface area contributed by atoms with Crippen molar-refractivity contribution in [3.8, 4) is 0 Å². The first-order valence-electron chi connectivity index (χ1n) is 6.21. The van der Waals surface area contributed by atoms with E-state index >= 15 is 0 Å². The summed E-state index contributed by atoms with van der Waals surface area (Å²) in [5.74, 6) is -0.118. The second-order valence-corrected chi connectivity index (χ2v) is 4.23. The molecule has 1 amide bonds. The minimum absolute atomic E-state index is 0.0648. The quantitative estimate of drug-likeness (QED) is 0.821. The lowest BCUT2D eigenvalue weighted by Crippen LogP contribution is -2.24. The third kappa shape index (κ3) is 7.55. The SMILES string of the molecule is CC(C)OC1=CC(C(N)=O)CC=N1.CCCC. The van der Waals surface area contributed by atoms with Crippen LogP contribution in [0.3, 0.4) is 0 Å². The van der Waals surface area contributed by atoms with Gasteiger partial charge in [0.25, 0.3) is 0 Å². The monoisotopic (exact) mass is 240 g/mol. The van der Waals surface area contributed by atoms with Crippen molar-refractivity contribution in [3.05, 3.63) is 12.0 Å². The average molecular weight is 240 g/mol. The predicted octanol–water partition coefficient (Wildman–Crippen LogP) is 2.64. The summed E-state index contributed by atoms with van der Waals surface area (Å²) in [7, 11) is 0.